The molecule has 0 N–H and O–H groups in total. The largest absolute Gasteiger partial charge is 0.268 e. The van der Waals surface area contributed by atoms with Crippen LogP contribution in [0.1, 0.15) is 41.2 Å². The second-order valence-electron chi connectivity index (χ2n) is 8.78. The highest BCUT2D eigenvalue weighted by Gasteiger charge is 2.26. The molecule has 5 rings (SSSR count). The van der Waals surface area contributed by atoms with Crippen molar-refractivity contribution in [3.05, 3.63) is 70.8 Å². The molecule has 0 saturated heterocycles. The van der Waals surface area contributed by atoms with Gasteiger partial charge in [0.2, 0.25) is 0 Å². The zero-order valence-electron chi connectivity index (χ0n) is 19.3. The van der Waals surface area contributed by atoms with Crippen LogP contribution in [0.2, 0.25) is 0 Å². The van der Waals surface area contributed by atoms with Gasteiger partial charge in [-0.2, -0.15) is 10.2 Å². The molecule has 1 aliphatic rings. The smallest absolute Gasteiger partial charge is 0.157 e. The molecular formula is C25H27FN6S. The van der Waals surface area contributed by atoms with E-state index < -0.39 is 0 Å². The molecule has 1 aliphatic carbocycles. The summed E-state index contributed by atoms with van der Waals surface area (Å²) in [5, 5.41) is 9.54. The summed E-state index contributed by atoms with van der Waals surface area (Å²) in [4.78, 5) is 9.62. The normalized spacial score (nSPS) is 13.6. The number of aryl methyl sites for hydroxylation is 2. The fourth-order valence-corrected chi connectivity index (χ4v) is 4.73. The van der Waals surface area contributed by atoms with E-state index in [-0.39, 0.29) is 5.82 Å². The van der Waals surface area contributed by atoms with Crippen molar-refractivity contribution in [3.63, 3.8) is 0 Å². The molecule has 1 aromatic carbocycles. The summed E-state index contributed by atoms with van der Waals surface area (Å²) in [6, 6.07) is 9.28. The quantitative estimate of drug-likeness (QED) is 0.348. The average Bonchev–Trinajstić information content (AvgIpc) is 3.49. The van der Waals surface area contributed by atoms with Crippen molar-refractivity contribution >= 4 is 11.8 Å². The van der Waals surface area contributed by atoms with E-state index in [1.165, 1.54) is 30.7 Å². The second-order valence-corrected chi connectivity index (χ2v) is 9.63. The highest BCUT2D eigenvalue weighted by atomic mass is 32.2. The first-order chi connectivity index (χ1) is 15.9. The van der Waals surface area contributed by atoms with Crippen molar-refractivity contribution in [2.75, 3.05) is 6.26 Å². The van der Waals surface area contributed by atoms with Crippen LogP contribution in [0.25, 0.3) is 17.1 Å². The summed E-state index contributed by atoms with van der Waals surface area (Å²) in [5.74, 6) is 1.25. The van der Waals surface area contributed by atoms with Gasteiger partial charge in [-0.15, -0.1) is 11.8 Å². The molecule has 0 unspecified atom stereocenters. The van der Waals surface area contributed by atoms with E-state index in [1.807, 2.05) is 49.1 Å². The van der Waals surface area contributed by atoms with Gasteiger partial charge in [-0.05, 0) is 75.6 Å². The molecule has 170 valence electrons. The fourth-order valence-electron chi connectivity index (χ4n) is 4.22. The van der Waals surface area contributed by atoms with E-state index in [2.05, 4.69) is 26.7 Å². The Morgan fingerprint density at radius 1 is 1.06 bits per heavy atom. The Kier molecular flexibility index (Phi) is 5.78. The van der Waals surface area contributed by atoms with E-state index in [4.69, 9.17) is 5.10 Å². The number of thioether (sulfide) groups is 1. The Hall–Kier alpha value is -3.00. The molecule has 3 aromatic heterocycles. The number of hydrogen-bond donors (Lipinski definition) is 0. The van der Waals surface area contributed by atoms with Crippen LogP contribution in [0.3, 0.4) is 0 Å². The Balaban J connectivity index is 1.53. The summed E-state index contributed by atoms with van der Waals surface area (Å²) >= 11 is 1.41. The summed E-state index contributed by atoms with van der Waals surface area (Å²) in [6.45, 7) is 7.01. The lowest BCUT2D eigenvalue weighted by Gasteiger charge is -2.09. The Labute approximate surface area is 197 Å². The zero-order chi connectivity index (χ0) is 23.1. The molecule has 0 amide bonds. The van der Waals surface area contributed by atoms with E-state index in [1.54, 1.807) is 6.33 Å². The molecule has 3 heterocycles. The van der Waals surface area contributed by atoms with Crippen LogP contribution in [-0.4, -0.2) is 35.8 Å². The lowest BCUT2D eigenvalue weighted by atomic mass is 10.0. The van der Waals surface area contributed by atoms with Crippen molar-refractivity contribution in [2.24, 2.45) is 5.92 Å². The molecule has 0 aliphatic heterocycles. The van der Waals surface area contributed by atoms with E-state index >= 15 is 0 Å². The fraction of sp³-hybridized carbons (Fsp3) is 0.360. The van der Waals surface area contributed by atoms with Gasteiger partial charge in [-0.3, -0.25) is 4.68 Å². The first kappa shape index (κ1) is 21.8. The molecule has 1 saturated carbocycles. The van der Waals surface area contributed by atoms with Crippen LogP contribution in [0, 0.1) is 32.5 Å². The summed E-state index contributed by atoms with van der Waals surface area (Å²) < 4.78 is 18.1. The van der Waals surface area contributed by atoms with E-state index in [0.29, 0.717) is 17.2 Å². The SMILES string of the molecule is CSc1cc(-c2nn(CC3CC3)c(Cc3cc(-n4nc(C)cc4C)ncn3)c2C)ccc1F. The van der Waals surface area contributed by atoms with Gasteiger partial charge in [-0.1, -0.05) is 0 Å². The Morgan fingerprint density at radius 2 is 1.88 bits per heavy atom. The third-order valence-corrected chi connectivity index (χ3v) is 6.91. The molecule has 0 atom stereocenters. The summed E-state index contributed by atoms with van der Waals surface area (Å²) in [5.41, 5.74) is 7.03. The highest BCUT2D eigenvalue weighted by Crippen LogP contribution is 2.34. The number of rotatable bonds is 7. The topological polar surface area (TPSA) is 61.4 Å². The minimum absolute atomic E-state index is 0.195. The van der Waals surface area contributed by atoms with E-state index in [0.717, 1.165) is 52.0 Å². The number of benzene rings is 1. The van der Waals surface area contributed by atoms with Gasteiger partial charge < -0.3 is 0 Å². The number of hydrogen-bond acceptors (Lipinski definition) is 5. The molecule has 6 nitrogen and oxygen atoms in total. The van der Waals surface area contributed by atoms with Gasteiger partial charge in [0, 0.05) is 40.9 Å². The average molecular weight is 463 g/mol. The maximum Gasteiger partial charge on any atom is 0.157 e. The number of halogens is 1. The van der Waals surface area contributed by atoms with Crippen LogP contribution in [0.5, 0.6) is 0 Å². The predicted octanol–water partition coefficient (Wildman–Crippen LogP) is 5.31. The Bertz CT molecular complexity index is 1320. The molecule has 0 bridgehead atoms. The second kappa shape index (κ2) is 8.74. The molecule has 33 heavy (non-hydrogen) atoms. The van der Waals surface area contributed by atoms with Crippen LogP contribution in [0.4, 0.5) is 4.39 Å². The highest BCUT2D eigenvalue weighted by molar-refractivity contribution is 7.98. The monoisotopic (exact) mass is 462 g/mol. The van der Waals surface area contributed by atoms with Crippen molar-refractivity contribution in [1.29, 1.82) is 0 Å². The van der Waals surface area contributed by atoms with Crippen molar-refractivity contribution in [2.45, 2.75) is 51.5 Å². The van der Waals surface area contributed by atoms with Gasteiger partial charge in [-0.25, -0.2) is 19.0 Å². The van der Waals surface area contributed by atoms with Crippen LogP contribution >= 0.6 is 11.8 Å². The van der Waals surface area contributed by atoms with Gasteiger partial charge >= 0.3 is 0 Å². The van der Waals surface area contributed by atoms with Gasteiger partial charge in [0.1, 0.15) is 12.1 Å². The molecule has 0 spiro atoms. The Morgan fingerprint density at radius 3 is 2.58 bits per heavy atom. The van der Waals surface area contributed by atoms with E-state index in [9.17, 15) is 4.39 Å². The maximum atomic E-state index is 14.1. The first-order valence-corrected chi connectivity index (χ1v) is 12.4. The molecular weight excluding hydrogens is 435 g/mol. The van der Waals surface area contributed by atoms with Gasteiger partial charge in [0.15, 0.2) is 5.82 Å². The maximum absolute atomic E-state index is 14.1. The molecule has 0 radical (unpaired) electrons. The predicted molar refractivity (Wildman–Crippen MR) is 128 cm³/mol. The van der Waals surface area contributed by atoms with Gasteiger partial charge in [0.25, 0.3) is 0 Å². The lowest BCUT2D eigenvalue weighted by Crippen LogP contribution is -2.10. The molecule has 1 fully saturated rings. The number of nitrogens with zero attached hydrogens (tertiary/aromatic N) is 6. The van der Waals surface area contributed by atoms with Crippen LogP contribution in [-0.2, 0) is 13.0 Å². The minimum Gasteiger partial charge on any atom is -0.268 e. The molecule has 8 heteroatoms. The van der Waals surface area contributed by atoms with Crippen molar-refractivity contribution in [3.8, 4) is 17.1 Å². The minimum atomic E-state index is -0.195. The molecule has 4 aromatic rings. The van der Waals surface area contributed by atoms with Crippen LogP contribution < -0.4 is 0 Å². The number of aromatic nitrogens is 6. The lowest BCUT2D eigenvalue weighted by molar-refractivity contribution is 0.543. The zero-order valence-corrected chi connectivity index (χ0v) is 20.2. The van der Waals surface area contributed by atoms with Gasteiger partial charge in [0.05, 0.1) is 17.1 Å². The summed E-state index contributed by atoms with van der Waals surface area (Å²) in [7, 11) is 0. The van der Waals surface area contributed by atoms with Crippen molar-refractivity contribution < 1.29 is 4.39 Å². The van der Waals surface area contributed by atoms with Crippen LogP contribution in [0.15, 0.2) is 41.6 Å². The third kappa shape index (κ3) is 4.44. The standard InChI is InChI=1S/C25H27FN6S/c1-15-9-16(2)32(29-15)24-12-20(27-14-28-24)11-22-17(3)25(30-31(22)13-18-5-6-18)19-7-8-21(26)23(10-19)33-4/h7-10,12,14,18H,5-6,11,13H2,1-4H3. The summed E-state index contributed by atoms with van der Waals surface area (Å²) in [6.07, 6.45) is 6.63. The third-order valence-electron chi connectivity index (χ3n) is 6.16. The first-order valence-electron chi connectivity index (χ1n) is 11.2. The van der Waals surface area contributed by atoms with Crippen molar-refractivity contribution in [1.82, 2.24) is 29.5 Å².